The van der Waals surface area contributed by atoms with Gasteiger partial charge in [-0.1, -0.05) is 19.3 Å². The second kappa shape index (κ2) is 5.99. The molecule has 90 valence electrons. The minimum Gasteiger partial charge on any atom is -0.330 e. The van der Waals surface area contributed by atoms with Gasteiger partial charge in [-0.05, 0) is 32.2 Å². The summed E-state index contributed by atoms with van der Waals surface area (Å²) in [6.07, 6.45) is 11.8. The van der Waals surface area contributed by atoms with Gasteiger partial charge in [0.15, 0.2) is 0 Å². The molecule has 1 aromatic heterocycles. The standard InChI is InChI=1S/C12H22N4/c13-9-5-1-2-8-12-15-14-10-16(12)11-6-3-4-7-11/h10-11H,1-9,13H2. The van der Waals surface area contributed by atoms with Crippen LogP contribution in [0.5, 0.6) is 0 Å². The van der Waals surface area contributed by atoms with Crippen molar-refractivity contribution in [3.8, 4) is 0 Å². The molecular weight excluding hydrogens is 200 g/mol. The fraction of sp³-hybridized carbons (Fsp3) is 0.833. The number of hydrogen-bond donors (Lipinski definition) is 1. The van der Waals surface area contributed by atoms with Crippen molar-refractivity contribution in [2.24, 2.45) is 5.73 Å². The molecule has 0 radical (unpaired) electrons. The van der Waals surface area contributed by atoms with Crippen LogP contribution in [0.25, 0.3) is 0 Å². The summed E-state index contributed by atoms with van der Waals surface area (Å²) in [6, 6.07) is 0.666. The molecule has 0 amide bonds. The quantitative estimate of drug-likeness (QED) is 0.750. The SMILES string of the molecule is NCCCCCc1nncn1C1CCCC1. The normalized spacial score (nSPS) is 17.1. The average Bonchev–Trinajstić information content (AvgIpc) is 2.94. The zero-order chi connectivity index (χ0) is 11.2. The van der Waals surface area contributed by atoms with Crippen molar-refractivity contribution in [1.82, 2.24) is 14.8 Å². The third-order valence-corrected chi connectivity index (χ3v) is 3.47. The highest BCUT2D eigenvalue weighted by Crippen LogP contribution is 2.30. The molecular formula is C12H22N4. The summed E-state index contributed by atoms with van der Waals surface area (Å²) in [5.74, 6) is 1.17. The summed E-state index contributed by atoms with van der Waals surface area (Å²) < 4.78 is 2.30. The first-order chi connectivity index (χ1) is 7.92. The van der Waals surface area contributed by atoms with Crippen LogP contribution in [0.2, 0.25) is 0 Å². The van der Waals surface area contributed by atoms with Gasteiger partial charge in [0.25, 0.3) is 0 Å². The van der Waals surface area contributed by atoms with Gasteiger partial charge < -0.3 is 10.3 Å². The maximum absolute atomic E-state index is 5.48. The molecule has 1 heterocycles. The maximum Gasteiger partial charge on any atom is 0.133 e. The molecule has 0 saturated heterocycles. The monoisotopic (exact) mass is 222 g/mol. The van der Waals surface area contributed by atoms with Gasteiger partial charge >= 0.3 is 0 Å². The molecule has 1 aliphatic rings. The highest BCUT2D eigenvalue weighted by molar-refractivity contribution is 4.91. The van der Waals surface area contributed by atoms with Crippen LogP contribution in [0.1, 0.15) is 56.8 Å². The van der Waals surface area contributed by atoms with E-state index in [0.717, 1.165) is 19.4 Å². The van der Waals surface area contributed by atoms with Crippen LogP contribution in [0.4, 0.5) is 0 Å². The Balaban J connectivity index is 1.86. The lowest BCUT2D eigenvalue weighted by Gasteiger charge is -2.13. The summed E-state index contributed by atoms with van der Waals surface area (Å²) in [5.41, 5.74) is 5.48. The number of rotatable bonds is 6. The number of hydrogen-bond acceptors (Lipinski definition) is 3. The fourth-order valence-electron chi connectivity index (χ4n) is 2.54. The summed E-state index contributed by atoms with van der Waals surface area (Å²) >= 11 is 0. The first kappa shape index (κ1) is 11.6. The van der Waals surface area contributed by atoms with Gasteiger partial charge in [-0.3, -0.25) is 0 Å². The second-order valence-electron chi connectivity index (χ2n) is 4.69. The molecule has 0 spiro atoms. The number of nitrogens with two attached hydrogens (primary N) is 1. The van der Waals surface area contributed by atoms with E-state index in [1.807, 2.05) is 6.33 Å². The zero-order valence-corrected chi connectivity index (χ0v) is 9.94. The van der Waals surface area contributed by atoms with Crippen molar-refractivity contribution in [3.05, 3.63) is 12.2 Å². The molecule has 2 rings (SSSR count). The molecule has 1 saturated carbocycles. The molecule has 0 aliphatic heterocycles. The topological polar surface area (TPSA) is 56.7 Å². The Labute approximate surface area is 97.2 Å². The van der Waals surface area contributed by atoms with E-state index in [1.54, 1.807) is 0 Å². The van der Waals surface area contributed by atoms with Gasteiger partial charge in [-0.15, -0.1) is 10.2 Å². The van der Waals surface area contributed by atoms with Crippen molar-refractivity contribution < 1.29 is 0 Å². The molecule has 0 aromatic carbocycles. The van der Waals surface area contributed by atoms with Gasteiger partial charge in [-0.25, -0.2) is 0 Å². The van der Waals surface area contributed by atoms with Gasteiger partial charge in [-0.2, -0.15) is 0 Å². The summed E-state index contributed by atoms with van der Waals surface area (Å²) in [7, 11) is 0. The average molecular weight is 222 g/mol. The van der Waals surface area contributed by atoms with E-state index >= 15 is 0 Å². The fourth-order valence-corrected chi connectivity index (χ4v) is 2.54. The smallest absolute Gasteiger partial charge is 0.133 e. The van der Waals surface area contributed by atoms with Gasteiger partial charge in [0.2, 0.25) is 0 Å². The molecule has 4 heteroatoms. The Morgan fingerprint density at radius 1 is 1.25 bits per heavy atom. The Hall–Kier alpha value is -0.900. The number of unbranched alkanes of at least 4 members (excludes halogenated alkanes) is 2. The molecule has 4 nitrogen and oxygen atoms in total. The molecule has 0 unspecified atom stereocenters. The van der Waals surface area contributed by atoms with E-state index in [-0.39, 0.29) is 0 Å². The van der Waals surface area contributed by atoms with Crippen molar-refractivity contribution in [3.63, 3.8) is 0 Å². The number of nitrogens with zero attached hydrogens (tertiary/aromatic N) is 3. The van der Waals surface area contributed by atoms with E-state index in [1.165, 1.54) is 44.3 Å². The van der Waals surface area contributed by atoms with Gasteiger partial charge in [0, 0.05) is 12.5 Å². The Morgan fingerprint density at radius 3 is 2.81 bits per heavy atom. The number of aryl methyl sites for hydroxylation is 1. The van der Waals surface area contributed by atoms with Crippen molar-refractivity contribution in [1.29, 1.82) is 0 Å². The van der Waals surface area contributed by atoms with Crippen molar-refractivity contribution in [2.45, 2.75) is 57.4 Å². The predicted molar refractivity (Wildman–Crippen MR) is 64.1 cm³/mol. The van der Waals surface area contributed by atoms with Gasteiger partial charge in [0.05, 0.1) is 0 Å². The molecule has 16 heavy (non-hydrogen) atoms. The molecule has 2 N–H and O–H groups in total. The van der Waals surface area contributed by atoms with E-state index < -0.39 is 0 Å². The van der Waals surface area contributed by atoms with Crippen LogP contribution in [0.3, 0.4) is 0 Å². The molecule has 0 bridgehead atoms. The lowest BCUT2D eigenvalue weighted by molar-refractivity contribution is 0.490. The lowest BCUT2D eigenvalue weighted by atomic mass is 10.1. The van der Waals surface area contributed by atoms with Crippen LogP contribution >= 0.6 is 0 Å². The summed E-state index contributed by atoms with van der Waals surface area (Å²) in [4.78, 5) is 0. The van der Waals surface area contributed by atoms with Crippen LogP contribution in [0.15, 0.2) is 6.33 Å². The summed E-state index contributed by atoms with van der Waals surface area (Å²) in [5, 5.41) is 8.29. The van der Waals surface area contributed by atoms with Crippen LogP contribution < -0.4 is 5.73 Å². The maximum atomic E-state index is 5.48. The van der Waals surface area contributed by atoms with E-state index in [9.17, 15) is 0 Å². The van der Waals surface area contributed by atoms with E-state index in [0.29, 0.717) is 6.04 Å². The van der Waals surface area contributed by atoms with Crippen molar-refractivity contribution >= 4 is 0 Å². The van der Waals surface area contributed by atoms with Crippen LogP contribution in [-0.2, 0) is 6.42 Å². The third kappa shape index (κ3) is 2.82. The van der Waals surface area contributed by atoms with Crippen LogP contribution in [-0.4, -0.2) is 21.3 Å². The van der Waals surface area contributed by atoms with Crippen LogP contribution in [0, 0.1) is 0 Å². The second-order valence-corrected chi connectivity index (χ2v) is 4.69. The Bertz CT molecular complexity index is 302. The molecule has 0 atom stereocenters. The highest BCUT2D eigenvalue weighted by Gasteiger charge is 2.19. The zero-order valence-electron chi connectivity index (χ0n) is 9.94. The summed E-state index contributed by atoms with van der Waals surface area (Å²) in [6.45, 7) is 0.801. The minimum atomic E-state index is 0.666. The highest BCUT2D eigenvalue weighted by atomic mass is 15.3. The largest absolute Gasteiger partial charge is 0.330 e. The number of aromatic nitrogens is 3. The van der Waals surface area contributed by atoms with E-state index in [4.69, 9.17) is 5.73 Å². The Kier molecular flexibility index (Phi) is 4.34. The Morgan fingerprint density at radius 2 is 2.06 bits per heavy atom. The van der Waals surface area contributed by atoms with Crippen molar-refractivity contribution in [2.75, 3.05) is 6.54 Å². The van der Waals surface area contributed by atoms with Gasteiger partial charge in [0.1, 0.15) is 12.2 Å². The van der Waals surface area contributed by atoms with E-state index in [2.05, 4.69) is 14.8 Å². The first-order valence-electron chi connectivity index (χ1n) is 6.50. The molecule has 1 aromatic rings. The molecule has 1 fully saturated rings. The molecule has 1 aliphatic carbocycles. The predicted octanol–water partition coefficient (Wildman–Crippen LogP) is 2.06. The lowest BCUT2D eigenvalue weighted by Crippen LogP contribution is -2.08. The minimum absolute atomic E-state index is 0.666. The first-order valence-corrected chi connectivity index (χ1v) is 6.50. The third-order valence-electron chi connectivity index (χ3n) is 3.47.